The van der Waals surface area contributed by atoms with E-state index in [1.807, 2.05) is 0 Å². The first-order valence-electron chi connectivity index (χ1n) is 6.14. The van der Waals surface area contributed by atoms with Crippen LogP contribution in [0.2, 0.25) is 0 Å². The Labute approximate surface area is 97.5 Å². The van der Waals surface area contributed by atoms with E-state index in [1.165, 1.54) is 0 Å². The van der Waals surface area contributed by atoms with Gasteiger partial charge >= 0.3 is 0 Å². The van der Waals surface area contributed by atoms with Crippen molar-refractivity contribution in [1.29, 1.82) is 0 Å². The highest BCUT2D eigenvalue weighted by molar-refractivity contribution is 5.79. The lowest BCUT2D eigenvalue weighted by Gasteiger charge is -2.35. The second-order valence-corrected chi connectivity index (χ2v) is 4.48. The van der Waals surface area contributed by atoms with Crippen LogP contribution in [0.15, 0.2) is 0 Å². The molecule has 94 valence electrons. The maximum Gasteiger partial charge on any atom is 0.235 e. The molecule has 0 aromatic rings. The number of nitrogens with zero attached hydrogens (tertiary/aromatic N) is 1. The van der Waals surface area contributed by atoms with Crippen LogP contribution in [0, 0.1) is 0 Å². The Balaban J connectivity index is 2.48. The summed E-state index contributed by atoms with van der Waals surface area (Å²) in [5, 5.41) is 3.34. The van der Waals surface area contributed by atoms with Gasteiger partial charge in [0.2, 0.25) is 5.91 Å². The molecule has 1 heterocycles. The quantitative estimate of drug-likeness (QED) is 0.559. The molecule has 1 fully saturated rings. The van der Waals surface area contributed by atoms with Gasteiger partial charge in [-0.15, -0.1) is 0 Å². The SMILES string of the molecule is CCCN(CC(N)C(N)=O)C1CCNCC1. The predicted octanol–water partition coefficient (Wildman–Crippen LogP) is -0.737. The largest absolute Gasteiger partial charge is 0.368 e. The molecule has 0 saturated carbocycles. The standard InChI is InChI=1S/C11H24N4O/c1-2-7-15(8-10(12)11(13)16)9-3-5-14-6-4-9/h9-10,14H,2-8,12H2,1H3,(H2,13,16). The number of primary amides is 1. The Morgan fingerprint density at radius 2 is 2.12 bits per heavy atom. The third-order valence-electron chi connectivity index (χ3n) is 3.13. The molecule has 1 amide bonds. The summed E-state index contributed by atoms with van der Waals surface area (Å²) in [7, 11) is 0. The van der Waals surface area contributed by atoms with Crippen molar-refractivity contribution in [3.63, 3.8) is 0 Å². The Hall–Kier alpha value is -0.650. The van der Waals surface area contributed by atoms with Crippen molar-refractivity contribution in [1.82, 2.24) is 10.2 Å². The molecule has 5 nitrogen and oxygen atoms in total. The van der Waals surface area contributed by atoms with E-state index in [0.717, 1.165) is 38.9 Å². The molecule has 5 heteroatoms. The van der Waals surface area contributed by atoms with Crippen LogP contribution in [0.25, 0.3) is 0 Å². The molecule has 1 rings (SSSR count). The molecular weight excluding hydrogens is 204 g/mol. The normalized spacial score (nSPS) is 19.9. The number of rotatable bonds is 6. The minimum Gasteiger partial charge on any atom is -0.368 e. The van der Waals surface area contributed by atoms with Crippen molar-refractivity contribution in [2.45, 2.75) is 38.3 Å². The molecule has 0 aliphatic carbocycles. The van der Waals surface area contributed by atoms with E-state index in [-0.39, 0.29) is 0 Å². The molecule has 1 atom stereocenters. The maximum absolute atomic E-state index is 11.0. The van der Waals surface area contributed by atoms with E-state index in [9.17, 15) is 4.79 Å². The lowest BCUT2D eigenvalue weighted by Crippen LogP contribution is -2.51. The van der Waals surface area contributed by atoms with Crippen molar-refractivity contribution >= 4 is 5.91 Å². The molecular formula is C11H24N4O. The summed E-state index contributed by atoms with van der Waals surface area (Å²) in [6.45, 7) is 5.83. The van der Waals surface area contributed by atoms with E-state index in [4.69, 9.17) is 11.5 Å². The Morgan fingerprint density at radius 3 is 2.62 bits per heavy atom. The van der Waals surface area contributed by atoms with Crippen LogP contribution >= 0.6 is 0 Å². The number of hydrogen-bond donors (Lipinski definition) is 3. The van der Waals surface area contributed by atoms with Gasteiger partial charge in [-0.1, -0.05) is 6.92 Å². The van der Waals surface area contributed by atoms with Crippen LogP contribution in [-0.4, -0.2) is 49.1 Å². The van der Waals surface area contributed by atoms with Crippen LogP contribution in [-0.2, 0) is 4.79 Å². The van der Waals surface area contributed by atoms with Gasteiger partial charge < -0.3 is 16.8 Å². The number of hydrogen-bond acceptors (Lipinski definition) is 4. The van der Waals surface area contributed by atoms with Crippen molar-refractivity contribution in [3.8, 4) is 0 Å². The molecule has 1 unspecified atom stereocenters. The number of piperidine rings is 1. The maximum atomic E-state index is 11.0. The second kappa shape index (κ2) is 6.83. The number of carbonyl (C=O) groups excluding carboxylic acids is 1. The van der Waals surface area contributed by atoms with Crippen LogP contribution in [0.1, 0.15) is 26.2 Å². The van der Waals surface area contributed by atoms with Gasteiger partial charge in [0.15, 0.2) is 0 Å². The molecule has 5 N–H and O–H groups in total. The van der Waals surface area contributed by atoms with Gasteiger partial charge in [-0.25, -0.2) is 0 Å². The predicted molar refractivity (Wildman–Crippen MR) is 64.9 cm³/mol. The van der Waals surface area contributed by atoms with Crippen molar-refractivity contribution in [2.24, 2.45) is 11.5 Å². The monoisotopic (exact) mass is 228 g/mol. The van der Waals surface area contributed by atoms with Crippen LogP contribution < -0.4 is 16.8 Å². The van der Waals surface area contributed by atoms with Gasteiger partial charge in [-0.2, -0.15) is 0 Å². The van der Waals surface area contributed by atoms with Gasteiger partial charge in [0, 0.05) is 12.6 Å². The average molecular weight is 228 g/mol. The smallest absolute Gasteiger partial charge is 0.235 e. The first kappa shape index (κ1) is 13.4. The molecule has 1 aliphatic rings. The molecule has 0 aromatic carbocycles. The molecule has 0 aromatic heterocycles. The van der Waals surface area contributed by atoms with E-state index in [0.29, 0.717) is 12.6 Å². The lowest BCUT2D eigenvalue weighted by molar-refractivity contribution is -0.119. The minimum absolute atomic E-state index is 0.407. The van der Waals surface area contributed by atoms with E-state index >= 15 is 0 Å². The summed E-state index contributed by atoms with van der Waals surface area (Å²) in [5.74, 6) is -0.407. The van der Waals surface area contributed by atoms with E-state index < -0.39 is 11.9 Å². The Morgan fingerprint density at radius 1 is 1.50 bits per heavy atom. The summed E-state index contributed by atoms with van der Waals surface area (Å²) >= 11 is 0. The Bertz CT molecular complexity index is 216. The lowest BCUT2D eigenvalue weighted by atomic mass is 10.0. The fraction of sp³-hybridized carbons (Fsp3) is 0.909. The second-order valence-electron chi connectivity index (χ2n) is 4.48. The van der Waals surface area contributed by atoms with Crippen molar-refractivity contribution in [3.05, 3.63) is 0 Å². The van der Waals surface area contributed by atoms with Crippen molar-refractivity contribution in [2.75, 3.05) is 26.2 Å². The summed E-state index contributed by atoms with van der Waals surface area (Å²) in [4.78, 5) is 13.3. The highest BCUT2D eigenvalue weighted by Gasteiger charge is 2.23. The zero-order valence-corrected chi connectivity index (χ0v) is 10.1. The molecule has 0 bridgehead atoms. The third kappa shape index (κ3) is 4.08. The number of nitrogens with one attached hydrogen (secondary N) is 1. The van der Waals surface area contributed by atoms with Crippen LogP contribution in [0.4, 0.5) is 0 Å². The molecule has 1 aliphatic heterocycles. The molecule has 0 radical (unpaired) electrons. The van der Waals surface area contributed by atoms with Crippen LogP contribution in [0.3, 0.4) is 0 Å². The average Bonchev–Trinajstić information content (AvgIpc) is 2.29. The zero-order valence-electron chi connectivity index (χ0n) is 10.1. The minimum atomic E-state index is -0.540. The first-order valence-corrected chi connectivity index (χ1v) is 6.14. The van der Waals surface area contributed by atoms with Gasteiger partial charge in [0.1, 0.15) is 0 Å². The van der Waals surface area contributed by atoms with Crippen LogP contribution in [0.5, 0.6) is 0 Å². The summed E-state index contributed by atoms with van der Waals surface area (Å²) in [6.07, 6.45) is 3.34. The van der Waals surface area contributed by atoms with Gasteiger partial charge in [0.05, 0.1) is 6.04 Å². The number of carbonyl (C=O) groups is 1. The van der Waals surface area contributed by atoms with E-state index in [1.54, 1.807) is 0 Å². The van der Waals surface area contributed by atoms with E-state index in [2.05, 4.69) is 17.1 Å². The third-order valence-corrected chi connectivity index (χ3v) is 3.13. The van der Waals surface area contributed by atoms with Gasteiger partial charge in [-0.3, -0.25) is 9.69 Å². The summed E-state index contributed by atoms with van der Waals surface area (Å²) in [5.41, 5.74) is 10.9. The highest BCUT2D eigenvalue weighted by atomic mass is 16.1. The van der Waals surface area contributed by atoms with Gasteiger partial charge in [-0.05, 0) is 38.9 Å². The summed E-state index contributed by atoms with van der Waals surface area (Å²) < 4.78 is 0. The summed E-state index contributed by atoms with van der Waals surface area (Å²) in [6, 6.07) is 0.00744. The molecule has 16 heavy (non-hydrogen) atoms. The fourth-order valence-corrected chi connectivity index (χ4v) is 2.22. The zero-order chi connectivity index (χ0) is 12.0. The fourth-order valence-electron chi connectivity index (χ4n) is 2.22. The highest BCUT2D eigenvalue weighted by Crippen LogP contribution is 2.12. The topological polar surface area (TPSA) is 84.4 Å². The first-order chi connectivity index (χ1) is 7.65. The van der Waals surface area contributed by atoms with Crippen molar-refractivity contribution < 1.29 is 4.79 Å². The Kier molecular flexibility index (Phi) is 5.73. The molecule has 1 saturated heterocycles. The van der Waals surface area contributed by atoms with Gasteiger partial charge in [0.25, 0.3) is 0 Å². The number of nitrogens with two attached hydrogens (primary N) is 2. The number of amides is 1. The molecule has 0 spiro atoms.